The maximum absolute atomic E-state index is 5.41. The number of rotatable bonds is 7. The van der Waals surface area contributed by atoms with Crippen LogP contribution in [0.25, 0.3) is 10.9 Å². The van der Waals surface area contributed by atoms with E-state index in [1.165, 1.54) is 60.7 Å². The Bertz CT molecular complexity index is 1080. The van der Waals surface area contributed by atoms with Gasteiger partial charge in [0, 0.05) is 49.3 Å². The van der Waals surface area contributed by atoms with E-state index in [-0.39, 0.29) is 0 Å². The molecule has 1 unspecified atom stereocenters. The molecule has 3 aromatic rings. The topological polar surface area (TPSA) is 86.9 Å². The van der Waals surface area contributed by atoms with Crippen molar-refractivity contribution in [3.8, 4) is 5.75 Å². The fraction of sp³-hybridized carbons (Fsp3) is 0.538. The SMILES string of the molecule is CNc1nc2c(c(NC)n1)C(C1CCC(NCc3c[nH]c4ccc(OC)cc34)CC1)CCC2. The predicted octanol–water partition coefficient (Wildman–Crippen LogP) is 4.82. The molecule has 1 atom stereocenters. The average Bonchev–Trinajstić information content (AvgIpc) is 3.28. The predicted molar refractivity (Wildman–Crippen MR) is 134 cm³/mol. The molecule has 1 fully saturated rings. The number of nitrogens with one attached hydrogen (secondary N) is 4. The first-order valence-electron chi connectivity index (χ1n) is 12.3. The van der Waals surface area contributed by atoms with Crippen LogP contribution in [0.4, 0.5) is 11.8 Å². The summed E-state index contributed by atoms with van der Waals surface area (Å²) >= 11 is 0. The minimum atomic E-state index is 0.573. The lowest BCUT2D eigenvalue weighted by atomic mass is 9.71. The van der Waals surface area contributed by atoms with Crippen LogP contribution in [0.15, 0.2) is 24.4 Å². The number of methoxy groups -OCH3 is 1. The molecule has 0 saturated heterocycles. The van der Waals surface area contributed by atoms with Crippen LogP contribution >= 0.6 is 0 Å². The van der Waals surface area contributed by atoms with E-state index in [0.717, 1.165) is 41.9 Å². The van der Waals surface area contributed by atoms with Gasteiger partial charge in [-0.25, -0.2) is 4.98 Å². The Balaban J connectivity index is 1.23. The van der Waals surface area contributed by atoms with E-state index in [1.807, 2.05) is 20.2 Å². The standard InChI is InChI=1S/C26H36N6O/c1-27-25-24-20(5-4-6-23(24)31-26(28-2)32-25)16-7-9-18(10-8-16)29-14-17-15-30-22-12-11-19(33-3)13-21(17)22/h11-13,15-16,18,20,29-30H,4-10,14H2,1-3H3,(H2,27,28,31,32). The van der Waals surface area contributed by atoms with Gasteiger partial charge in [-0.15, -0.1) is 0 Å². The van der Waals surface area contributed by atoms with Gasteiger partial charge in [0.25, 0.3) is 0 Å². The number of nitrogens with zero attached hydrogens (tertiary/aromatic N) is 2. The second-order valence-corrected chi connectivity index (χ2v) is 9.47. The molecule has 33 heavy (non-hydrogen) atoms. The molecule has 2 aliphatic carbocycles. The van der Waals surface area contributed by atoms with E-state index < -0.39 is 0 Å². The smallest absolute Gasteiger partial charge is 0.224 e. The van der Waals surface area contributed by atoms with Crippen molar-refractivity contribution in [3.63, 3.8) is 0 Å². The summed E-state index contributed by atoms with van der Waals surface area (Å²) in [5, 5.41) is 11.5. The summed E-state index contributed by atoms with van der Waals surface area (Å²) in [5.74, 6) is 3.94. The number of anilines is 2. The Morgan fingerprint density at radius 2 is 1.91 bits per heavy atom. The van der Waals surface area contributed by atoms with Crippen molar-refractivity contribution in [2.24, 2.45) is 5.92 Å². The lowest BCUT2D eigenvalue weighted by Crippen LogP contribution is -2.35. The summed E-state index contributed by atoms with van der Waals surface area (Å²) in [6, 6.07) is 6.80. The Kier molecular flexibility index (Phi) is 6.40. The molecular formula is C26H36N6O. The van der Waals surface area contributed by atoms with Gasteiger partial charge in [0.15, 0.2) is 0 Å². The number of aryl methyl sites for hydroxylation is 1. The zero-order valence-electron chi connectivity index (χ0n) is 20.0. The summed E-state index contributed by atoms with van der Waals surface area (Å²) in [5.41, 5.74) is 5.09. The molecule has 2 aromatic heterocycles. The van der Waals surface area contributed by atoms with Crippen molar-refractivity contribution in [1.82, 2.24) is 20.3 Å². The van der Waals surface area contributed by atoms with E-state index in [9.17, 15) is 0 Å². The van der Waals surface area contributed by atoms with E-state index in [1.54, 1.807) is 7.11 Å². The van der Waals surface area contributed by atoms with Crippen molar-refractivity contribution in [2.75, 3.05) is 31.8 Å². The quantitative estimate of drug-likeness (QED) is 0.415. The molecule has 7 nitrogen and oxygen atoms in total. The summed E-state index contributed by atoms with van der Waals surface area (Å²) in [4.78, 5) is 12.9. The van der Waals surface area contributed by atoms with Crippen LogP contribution in [0.1, 0.15) is 61.3 Å². The van der Waals surface area contributed by atoms with Crippen LogP contribution in [0.2, 0.25) is 0 Å². The molecule has 0 spiro atoms. The van der Waals surface area contributed by atoms with Gasteiger partial charge in [-0.3, -0.25) is 0 Å². The van der Waals surface area contributed by atoms with Crippen LogP contribution in [0.5, 0.6) is 5.75 Å². The van der Waals surface area contributed by atoms with Crippen LogP contribution in [-0.4, -0.2) is 42.2 Å². The molecule has 0 amide bonds. The molecule has 1 saturated carbocycles. The Hall–Kier alpha value is -2.80. The summed E-state index contributed by atoms with van der Waals surface area (Å²) in [6.45, 7) is 0.888. The third-order valence-corrected chi connectivity index (χ3v) is 7.68. The highest BCUT2D eigenvalue weighted by atomic mass is 16.5. The third-order valence-electron chi connectivity index (χ3n) is 7.68. The first-order chi connectivity index (χ1) is 16.2. The van der Waals surface area contributed by atoms with Gasteiger partial charge in [0.1, 0.15) is 11.6 Å². The second-order valence-electron chi connectivity index (χ2n) is 9.47. The molecule has 0 aliphatic heterocycles. The molecule has 0 radical (unpaired) electrons. The number of fused-ring (bicyclic) bond motifs is 2. The minimum absolute atomic E-state index is 0.573. The van der Waals surface area contributed by atoms with Crippen LogP contribution in [0, 0.1) is 5.92 Å². The highest BCUT2D eigenvalue weighted by Gasteiger charge is 2.34. The van der Waals surface area contributed by atoms with Crippen molar-refractivity contribution >= 4 is 22.7 Å². The number of hydrogen-bond donors (Lipinski definition) is 4. The van der Waals surface area contributed by atoms with E-state index in [4.69, 9.17) is 14.7 Å². The first-order valence-corrected chi connectivity index (χ1v) is 12.3. The summed E-state index contributed by atoms with van der Waals surface area (Å²) in [7, 11) is 5.59. The number of benzene rings is 1. The number of ether oxygens (including phenoxy) is 1. The van der Waals surface area contributed by atoms with Crippen molar-refractivity contribution < 1.29 is 4.74 Å². The molecule has 5 rings (SSSR count). The molecular weight excluding hydrogens is 412 g/mol. The van der Waals surface area contributed by atoms with Crippen molar-refractivity contribution in [1.29, 1.82) is 0 Å². The highest BCUT2D eigenvalue weighted by Crippen LogP contribution is 2.45. The minimum Gasteiger partial charge on any atom is -0.497 e. The zero-order chi connectivity index (χ0) is 22.8. The third kappa shape index (κ3) is 4.38. The van der Waals surface area contributed by atoms with Crippen molar-refractivity contribution in [3.05, 3.63) is 41.2 Å². The molecule has 7 heteroatoms. The Morgan fingerprint density at radius 3 is 2.67 bits per heavy atom. The maximum Gasteiger partial charge on any atom is 0.224 e. The average molecular weight is 449 g/mol. The van der Waals surface area contributed by atoms with E-state index in [2.05, 4.69) is 39.3 Å². The molecule has 2 aliphatic rings. The van der Waals surface area contributed by atoms with E-state index in [0.29, 0.717) is 12.0 Å². The number of H-pyrrole nitrogens is 1. The molecule has 1 aromatic carbocycles. The molecule has 176 valence electrons. The van der Waals surface area contributed by atoms with Crippen LogP contribution in [0.3, 0.4) is 0 Å². The number of hydrogen-bond acceptors (Lipinski definition) is 6. The van der Waals surface area contributed by atoms with Crippen LogP contribution < -0.4 is 20.7 Å². The number of aromatic nitrogens is 3. The van der Waals surface area contributed by atoms with Gasteiger partial charge in [0.2, 0.25) is 5.95 Å². The Morgan fingerprint density at radius 1 is 1.06 bits per heavy atom. The van der Waals surface area contributed by atoms with Crippen molar-refractivity contribution in [2.45, 2.75) is 63.5 Å². The highest BCUT2D eigenvalue weighted by molar-refractivity contribution is 5.84. The Labute approximate surface area is 196 Å². The lowest BCUT2D eigenvalue weighted by Gasteiger charge is -2.37. The van der Waals surface area contributed by atoms with Gasteiger partial charge in [-0.2, -0.15) is 4.98 Å². The van der Waals surface area contributed by atoms with Gasteiger partial charge >= 0.3 is 0 Å². The van der Waals surface area contributed by atoms with Gasteiger partial charge in [-0.05, 0) is 80.5 Å². The maximum atomic E-state index is 5.41. The molecule has 0 bridgehead atoms. The normalized spacial score (nSPS) is 22.7. The molecule has 2 heterocycles. The van der Waals surface area contributed by atoms with Gasteiger partial charge in [-0.1, -0.05) is 0 Å². The second kappa shape index (κ2) is 9.59. The van der Waals surface area contributed by atoms with Gasteiger partial charge in [0.05, 0.1) is 12.8 Å². The van der Waals surface area contributed by atoms with Gasteiger partial charge < -0.3 is 25.7 Å². The summed E-state index contributed by atoms with van der Waals surface area (Å²) < 4.78 is 5.41. The van der Waals surface area contributed by atoms with Crippen LogP contribution in [-0.2, 0) is 13.0 Å². The summed E-state index contributed by atoms with van der Waals surface area (Å²) in [6.07, 6.45) is 10.7. The fourth-order valence-electron chi connectivity index (χ4n) is 5.91. The first kappa shape index (κ1) is 22.0. The largest absolute Gasteiger partial charge is 0.497 e. The van der Waals surface area contributed by atoms with E-state index >= 15 is 0 Å². The fourth-order valence-corrected chi connectivity index (χ4v) is 5.91. The number of aromatic amines is 1. The monoisotopic (exact) mass is 448 g/mol. The molecule has 4 N–H and O–H groups in total. The lowest BCUT2D eigenvalue weighted by molar-refractivity contribution is 0.243. The zero-order valence-corrected chi connectivity index (χ0v) is 20.0.